The number of hydrogen-bond acceptors (Lipinski definition) is 3. The van der Waals surface area contributed by atoms with Gasteiger partial charge in [-0.1, -0.05) is 0 Å². The van der Waals surface area contributed by atoms with Gasteiger partial charge in [-0.2, -0.15) is 0 Å². The quantitative estimate of drug-likeness (QED) is 0.851. The lowest BCUT2D eigenvalue weighted by molar-refractivity contribution is 0.239. The van der Waals surface area contributed by atoms with Crippen LogP contribution >= 0.6 is 0 Å². The van der Waals surface area contributed by atoms with E-state index in [2.05, 4.69) is 10.2 Å². The smallest absolute Gasteiger partial charge is 0.129 e. The number of fused-ring (bicyclic) bond motifs is 1. The number of nitrogens with two attached hydrogens (primary N) is 1. The third-order valence-electron chi connectivity index (χ3n) is 3.98. The van der Waals surface area contributed by atoms with Gasteiger partial charge in [0.2, 0.25) is 0 Å². The first-order chi connectivity index (χ1) is 9.19. The van der Waals surface area contributed by atoms with E-state index in [0.29, 0.717) is 24.9 Å². The topological polar surface area (TPSA) is 41.3 Å². The molecule has 1 atom stereocenters. The molecule has 0 saturated heterocycles. The number of benzene rings is 1. The zero-order valence-corrected chi connectivity index (χ0v) is 10.6. The molecule has 1 aliphatic carbocycles. The van der Waals surface area contributed by atoms with Crippen LogP contribution in [-0.4, -0.2) is 24.2 Å². The molecule has 0 unspecified atom stereocenters. The Bertz CT molecular complexity index is 528. The van der Waals surface area contributed by atoms with Gasteiger partial charge in [-0.15, -0.1) is 0 Å². The van der Waals surface area contributed by atoms with Crippen molar-refractivity contribution in [3.8, 4) is 0 Å². The average Bonchev–Trinajstić information content (AvgIpc) is 2.86. The Balaban J connectivity index is 1.84. The van der Waals surface area contributed by atoms with Crippen molar-refractivity contribution in [2.45, 2.75) is 25.3 Å². The van der Waals surface area contributed by atoms with Gasteiger partial charge in [-0.25, -0.2) is 8.78 Å². The molecule has 2 aliphatic rings. The molecule has 0 radical (unpaired) electrons. The van der Waals surface area contributed by atoms with Crippen molar-refractivity contribution in [1.82, 2.24) is 10.2 Å². The highest BCUT2D eigenvalue weighted by Gasteiger charge is 2.28. The fourth-order valence-electron chi connectivity index (χ4n) is 3.04. The van der Waals surface area contributed by atoms with Crippen molar-refractivity contribution < 1.29 is 8.78 Å². The Kier molecular flexibility index (Phi) is 3.14. The lowest BCUT2D eigenvalue weighted by Crippen LogP contribution is -2.40. The SMILES string of the molecule is NCC1=CNCN1[C@H]1CCc2c(F)cc(F)cc2C1. The first-order valence-electron chi connectivity index (χ1n) is 6.55. The minimum atomic E-state index is -0.494. The molecule has 0 spiro atoms. The molecule has 1 aliphatic heterocycles. The molecule has 3 N–H and O–H groups in total. The summed E-state index contributed by atoms with van der Waals surface area (Å²) >= 11 is 0. The van der Waals surface area contributed by atoms with Crippen molar-refractivity contribution >= 4 is 0 Å². The summed E-state index contributed by atoms with van der Waals surface area (Å²) in [7, 11) is 0. The van der Waals surface area contributed by atoms with E-state index in [1.54, 1.807) is 0 Å². The van der Waals surface area contributed by atoms with E-state index in [4.69, 9.17) is 5.73 Å². The van der Waals surface area contributed by atoms with Gasteiger partial charge in [0.25, 0.3) is 0 Å². The number of halogens is 2. The number of nitrogens with one attached hydrogen (secondary N) is 1. The Morgan fingerprint density at radius 3 is 3.00 bits per heavy atom. The Labute approximate surface area is 111 Å². The highest BCUT2D eigenvalue weighted by Crippen LogP contribution is 2.29. The maximum atomic E-state index is 13.7. The molecule has 0 amide bonds. The summed E-state index contributed by atoms with van der Waals surface area (Å²) in [6.07, 6.45) is 4.11. The first kappa shape index (κ1) is 12.4. The maximum Gasteiger partial charge on any atom is 0.129 e. The molecular formula is C14H17F2N3. The Hall–Kier alpha value is -1.62. The molecule has 0 saturated carbocycles. The fourth-order valence-corrected chi connectivity index (χ4v) is 3.04. The van der Waals surface area contributed by atoms with Gasteiger partial charge in [0, 0.05) is 30.5 Å². The van der Waals surface area contributed by atoms with Gasteiger partial charge >= 0.3 is 0 Å². The largest absolute Gasteiger partial charge is 0.372 e. The van der Waals surface area contributed by atoms with Crippen LogP contribution in [0.25, 0.3) is 0 Å². The lowest BCUT2D eigenvalue weighted by atomic mass is 9.87. The second-order valence-electron chi connectivity index (χ2n) is 5.09. The summed E-state index contributed by atoms with van der Waals surface area (Å²) in [6, 6.07) is 2.69. The summed E-state index contributed by atoms with van der Waals surface area (Å²) in [4.78, 5) is 2.20. The third-order valence-corrected chi connectivity index (χ3v) is 3.98. The molecule has 1 aromatic rings. The molecule has 19 heavy (non-hydrogen) atoms. The van der Waals surface area contributed by atoms with E-state index < -0.39 is 11.6 Å². The number of hydrogen-bond donors (Lipinski definition) is 2. The summed E-state index contributed by atoms with van der Waals surface area (Å²) in [5, 5.41) is 3.15. The van der Waals surface area contributed by atoms with Gasteiger partial charge in [0.1, 0.15) is 11.6 Å². The highest BCUT2D eigenvalue weighted by molar-refractivity contribution is 5.33. The standard InChI is InChI=1S/C14H17F2N3/c15-10-3-9-4-11(1-2-13(9)14(16)5-10)19-8-18-7-12(19)6-17/h3,5,7,11,18H,1-2,4,6,8,17H2/t11-/m0/s1. The molecule has 0 bridgehead atoms. The van der Waals surface area contributed by atoms with Gasteiger partial charge in [0.15, 0.2) is 0 Å². The van der Waals surface area contributed by atoms with E-state index >= 15 is 0 Å². The third kappa shape index (κ3) is 2.18. The van der Waals surface area contributed by atoms with Gasteiger partial charge in [-0.3, -0.25) is 0 Å². The molecule has 0 fully saturated rings. The van der Waals surface area contributed by atoms with Crippen LogP contribution in [0.4, 0.5) is 8.78 Å². The molecule has 1 heterocycles. The van der Waals surface area contributed by atoms with Crippen molar-refractivity contribution in [2.75, 3.05) is 13.2 Å². The van der Waals surface area contributed by atoms with E-state index in [9.17, 15) is 8.78 Å². The molecule has 3 nitrogen and oxygen atoms in total. The van der Waals surface area contributed by atoms with Crippen molar-refractivity contribution in [3.63, 3.8) is 0 Å². The van der Waals surface area contributed by atoms with Crippen LogP contribution in [0.1, 0.15) is 17.5 Å². The predicted molar refractivity (Wildman–Crippen MR) is 69.2 cm³/mol. The second kappa shape index (κ2) is 4.81. The zero-order chi connectivity index (χ0) is 13.4. The van der Waals surface area contributed by atoms with Crippen LogP contribution in [0.15, 0.2) is 24.0 Å². The summed E-state index contributed by atoms with van der Waals surface area (Å²) < 4.78 is 27.0. The maximum absolute atomic E-state index is 13.7. The fraction of sp³-hybridized carbons (Fsp3) is 0.429. The monoisotopic (exact) mass is 265 g/mol. The minimum Gasteiger partial charge on any atom is -0.372 e. The van der Waals surface area contributed by atoms with Crippen molar-refractivity contribution in [1.29, 1.82) is 0 Å². The number of nitrogens with zero attached hydrogens (tertiary/aromatic N) is 1. The molecule has 5 heteroatoms. The average molecular weight is 265 g/mol. The van der Waals surface area contributed by atoms with Crippen LogP contribution in [0.5, 0.6) is 0 Å². The van der Waals surface area contributed by atoms with Gasteiger partial charge in [-0.05, 0) is 36.5 Å². The van der Waals surface area contributed by atoms with E-state index in [-0.39, 0.29) is 6.04 Å². The van der Waals surface area contributed by atoms with Crippen molar-refractivity contribution in [3.05, 3.63) is 46.8 Å². The molecule has 1 aromatic carbocycles. The molecule has 3 rings (SSSR count). The first-order valence-corrected chi connectivity index (χ1v) is 6.55. The molecule has 102 valence electrons. The summed E-state index contributed by atoms with van der Waals surface area (Å²) in [6.45, 7) is 1.21. The minimum absolute atomic E-state index is 0.262. The highest BCUT2D eigenvalue weighted by atomic mass is 19.1. The normalized spacial score (nSPS) is 21.9. The zero-order valence-electron chi connectivity index (χ0n) is 10.6. The van der Waals surface area contributed by atoms with Crippen LogP contribution in [0.3, 0.4) is 0 Å². The molecule has 0 aromatic heterocycles. The predicted octanol–water partition coefficient (Wildman–Crippen LogP) is 1.48. The van der Waals surface area contributed by atoms with E-state index in [1.807, 2.05) is 6.20 Å². The van der Waals surface area contributed by atoms with Crippen LogP contribution in [0.2, 0.25) is 0 Å². The van der Waals surface area contributed by atoms with Crippen LogP contribution in [-0.2, 0) is 12.8 Å². The lowest BCUT2D eigenvalue weighted by Gasteiger charge is -2.34. The van der Waals surface area contributed by atoms with Crippen LogP contribution < -0.4 is 11.1 Å². The van der Waals surface area contributed by atoms with E-state index in [1.165, 1.54) is 6.07 Å². The summed E-state index contributed by atoms with van der Waals surface area (Å²) in [5.41, 5.74) is 8.22. The second-order valence-corrected chi connectivity index (χ2v) is 5.09. The summed E-state index contributed by atoms with van der Waals surface area (Å²) in [5.74, 6) is -0.909. The Morgan fingerprint density at radius 1 is 1.37 bits per heavy atom. The van der Waals surface area contributed by atoms with E-state index in [0.717, 1.165) is 30.4 Å². The van der Waals surface area contributed by atoms with Crippen molar-refractivity contribution in [2.24, 2.45) is 5.73 Å². The molecular weight excluding hydrogens is 248 g/mol. The number of rotatable bonds is 2. The van der Waals surface area contributed by atoms with Crippen LogP contribution in [0, 0.1) is 11.6 Å². The van der Waals surface area contributed by atoms with Gasteiger partial charge < -0.3 is 16.0 Å². The Morgan fingerprint density at radius 2 is 2.21 bits per heavy atom. The van der Waals surface area contributed by atoms with Gasteiger partial charge in [0.05, 0.1) is 6.67 Å².